The lowest BCUT2D eigenvalue weighted by Gasteiger charge is -2.22. The minimum absolute atomic E-state index is 0.0113. The molecule has 0 saturated heterocycles. The molecule has 5 heteroatoms. The summed E-state index contributed by atoms with van der Waals surface area (Å²) in [5.74, 6) is -0.0306. The number of carbonyl (C=O) groups is 2. The lowest BCUT2D eigenvalue weighted by atomic mass is 10.2. The molecule has 0 heterocycles. The van der Waals surface area contributed by atoms with E-state index in [4.69, 9.17) is 4.74 Å². The molecule has 1 N–H and O–H groups in total. The van der Waals surface area contributed by atoms with Gasteiger partial charge in [0.05, 0.1) is 0 Å². The van der Waals surface area contributed by atoms with Crippen LogP contribution >= 0.6 is 0 Å². The third kappa shape index (κ3) is 6.94. The fraction of sp³-hybridized carbons (Fsp3) is 0.833. The van der Waals surface area contributed by atoms with Gasteiger partial charge in [-0.1, -0.05) is 6.92 Å². The van der Waals surface area contributed by atoms with E-state index in [1.807, 2.05) is 13.8 Å². The van der Waals surface area contributed by atoms with Crippen molar-refractivity contribution in [3.63, 3.8) is 0 Å². The topological polar surface area (TPSA) is 58.6 Å². The van der Waals surface area contributed by atoms with E-state index in [1.165, 1.54) is 6.92 Å². The van der Waals surface area contributed by atoms with Crippen molar-refractivity contribution in [3.8, 4) is 0 Å². The number of rotatable bonds is 8. The Morgan fingerprint density at radius 2 is 2.00 bits per heavy atom. The third-order valence-corrected chi connectivity index (χ3v) is 2.43. The molecule has 1 unspecified atom stereocenters. The molecule has 0 aromatic carbocycles. The molecule has 0 aromatic heterocycles. The summed E-state index contributed by atoms with van der Waals surface area (Å²) in [5, 5.41) is 2.70. The second kappa shape index (κ2) is 8.98. The van der Waals surface area contributed by atoms with Gasteiger partial charge in [0.25, 0.3) is 5.91 Å². The standard InChI is InChI=1S/C12H24N2O3/c1-5-11(17-6-2)12(16)14(4)9-7-8-13-10(3)15/h11H,5-9H2,1-4H3,(H,13,15). The van der Waals surface area contributed by atoms with Crippen molar-refractivity contribution >= 4 is 11.8 Å². The number of ether oxygens (including phenoxy) is 1. The number of nitrogens with zero attached hydrogens (tertiary/aromatic N) is 1. The van der Waals surface area contributed by atoms with Gasteiger partial charge in [-0.3, -0.25) is 9.59 Å². The Balaban J connectivity index is 3.90. The van der Waals surface area contributed by atoms with E-state index < -0.39 is 0 Å². The van der Waals surface area contributed by atoms with Gasteiger partial charge < -0.3 is 15.0 Å². The van der Waals surface area contributed by atoms with E-state index in [0.717, 1.165) is 6.42 Å². The van der Waals surface area contributed by atoms with Crippen molar-refractivity contribution in [1.29, 1.82) is 0 Å². The summed E-state index contributed by atoms with van der Waals surface area (Å²) in [7, 11) is 1.76. The first-order valence-corrected chi connectivity index (χ1v) is 6.13. The first-order chi connectivity index (χ1) is 8.02. The molecule has 0 saturated carbocycles. The Morgan fingerprint density at radius 3 is 2.47 bits per heavy atom. The molecular formula is C12H24N2O3. The molecule has 5 nitrogen and oxygen atoms in total. The van der Waals surface area contributed by atoms with E-state index in [9.17, 15) is 9.59 Å². The number of hydrogen-bond donors (Lipinski definition) is 1. The summed E-state index contributed by atoms with van der Waals surface area (Å²) in [6.07, 6.45) is 1.10. The summed E-state index contributed by atoms with van der Waals surface area (Å²) >= 11 is 0. The zero-order valence-electron chi connectivity index (χ0n) is 11.3. The summed E-state index contributed by atoms with van der Waals surface area (Å²) in [6, 6.07) is 0. The first kappa shape index (κ1) is 15.9. The van der Waals surface area contributed by atoms with Crippen molar-refractivity contribution in [2.45, 2.75) is 39.7 Å². The maximum absolute atomic E-state index is 11.9. The fourth-order valence-electron chi connectivity index (χ4n) is 1.50. The Bertz CT molecular complexity index is 244. The van der Waals surface area contributed by atoms with Gasteiger partial charge in [-0.25, -0.2) is 0 Å². The molecule has 0 fully saturated rings. The molecule has 0 spiro atoms. The maximum Gasteiger partial charge on any atom is 0.251 e. The minimum Gasteiger partial charge on any atom is -0.369 e. The van der Waals surface area contributed by atoms with Crippen LogP contribution in [0.25, 0.3) is 0 Å². The van der Waals surface area contributed by atoms with Gasteiger partial charge in [0.1, 0.15) is 6.10 Å². The lowest BCUT2D eigenvalue weighted by molar-refractivity contribution is -0.142. The van der Waals surface area contributed by atoms with E-state index in [1.54, 1.807) is 11.9 Å². The van der Waals surface area contributed by atoms with Crippen LogP contribution in [-0.4, -0.2) is 49.6 Å². The normalized spacial score (nSPS) is 12.0. The molecule has 0 radical (unpaired) electrons. The second-order valence-electron chi connectivity index (χ2n) is 3.95. The fourth-order valence-corrected chi connectivity index (χ4v) is 1.50. The quantitative estimate of drug-likeness (QED) is 0.642. The van der Waals surface area contributed by atoms with Crippen LogP contribution in [0, 0.1) is 0 Å². The van der Waals surface area contributed by atoms with Gasteiger partial charge in [0, 0.05) is 33.7 Å². The Labute approximate surface area is 103 Å². The Morgan fingerprint density at radius 1 is 1.35 bits per heavy atom. The zero-order valence-corrected chi connectivity index (χ0v) is 11.3. The highest BCUT2D eigenvalue weighted by molar-refractivity contribution is 5.80. The van der Waals surface area contributed by atoms with E-state index in [2.05, 4.69) is 5.32 Å². The monoisotopic (exact) mass is 244 g/mol. The van der Waals surface area contributed by atoms with E-state index in [-0.39, 0.29) is 17.9 Å². The van der Waals surface area contributed by atoms with Crippen LogP contribution in [0.2, 0.25) is 0 Å². The highest BCUT2D eigenvalue weighted by Gasteiger charge is 2.19. The predicted octanol–water partition coefficient (Wildman–Crippen LogP) is 0.786. The number of carbonyl (C=O) groups excluding carboxylic acids is 2. The molecule has 17 heavy (non-hydrogen) atoms. The molecule has 2 amide bonds. The maximum atomic E-state index is 11.9. The highest BCUT2D eigenvalue weighted by Crippen LogP contribution is 2.03. The van der Waals surface area contributed by atoms with Crippen LogP contribution < -0.4 is 5.32 Å². The number of hydrogen-bond acceptors (Lipinski definition) is 3. The van der Waals surface area contributed by atoms with E-state index in [0.29, 0.717) is 26.1 Å². The van der Waals surface area contributed by atoms with Crippen molar-refractivity contribution in [1.82, 2.24) is 10.2 Å². The molecule has 100 valence electrons. The molecule has 1 atom stereocenters. The predicted molar refractivity (Wildman–Crippen MR) is 66.6 cm³/mol. The zero-order chi connectivity index (χ0) is 13.3. The van der Waals surface area contributed by atoms with Gasteiger partial charge in [-0.2, -0.15) is 0 Å². The van der Waals surface area contributed by atoms with Gasteiger partial charge in [-0.05, 0) is 19.8 Å². The summed E-state index contributed by atoms with van der Waals surface area (Å²) in [6.45, 7) is 7.07. The molecule has 0 aliphatic carbocycles. The number of nitrogens with one attached hydrogen (secondary N) is 1. The van der Waals surface area contributed by atoms with Crippen molar-refractivity contribution in [2.24, 2.45) is 0 Å². The van der Waals surface area contributed by atoms with Crippen LogP contribution in [0.15, 0.2) is 0 Å². The molecule has 0 aliphatic heterocycles. The molecule has 0 rings (SSSR count). The summed E-state index contributed by atoms with van der Waals surface area (Å²) in [5.41, 5.74) is 0. The third-order valence-electron chi connectivity index (χ3n) is 2.43. The second-order valence-corrected chi connectivity index (χ2v) is 3.95. The molecule has 0 aromatic rings. The van der Waals surface area contributed by atoms with Crippen LogP contribution in [-0.2, 0) is 14.3 Å². The van der Waals surface area contributed by atoms with E-state index >= 15 is 0 Å². The lowest BCUT2D eigenvalue weighted by Crippen LogP contribution is -2.39. The molecule has 0 bridgehead atoms. The van der Waals surface area contributed by atoms with Crippen LogP contribution in [0.3, 0.4) is 0 Å². The molecular weight excluding hydrogens is 220 g/mol. The van der Waals surface area contributed by atoms with Crippen LogP contribution in [0.4, 0.5) is 0 Å². The largest absolute Gasteiger partial charge is 0.369 e. The van der Waals surface area contributed by atoms with Crippen molar-refractivity contribution in [3.05, 3.63) is 0 Å². The SMILES string of the molecule is CCOC(CC)C(=O)N(C)CCCNC(C)=O. The van der Waals surface area contributed by atoms with Crippen LogP contribution in [0.1, 0.15) is 33.6 Å². The van der Waals surface area contributed by atoms with Crippen molar-refractivity contribution < 1.29 is 14.3 Å². The average Bonchev–Trinajstić information content (AvgIpc) is 2.30. The number of likely N-dealkylation sites (N-methyl/N-ethyl adjacent to an activating group) is 1. The Hall–Kier alpha value is -1.10. The first-order valence-electron chi connectivity index (χ1n) is 6.13. The Kier molecular flexibility index (Phi) is 8.40. The minimum atomic E-state index is -0.342. The van der Waals surface area contributed by atoms with Gasteiger partial charge in [-0.15, -0.1) is 0 Å². The van der Waals surface area contributed by atoms with Gasteiger partial charge in [0.15, 0.2) is 0 Å². The summed E-state index contributed by atoms with van der Waals surface area (Å²) < 4.78 is 5.36. The smallest absolute Gasteiger partial charge is 0.251 e. The van der Waals surface area contributed by atoms with Gasteiger partial charge >= 0.3 is 0 Å². The van der Waals surface area contributed by atoms with Gasteiger partial charge in [0.2, 0.25) is 5.91 Å². The van der Waals surface area contributed by atoms with Crippen LogP contribution in [0.5, 0.6) is 0 Å². The summed E-state index contributed by atoms with van der Waals surface area (Å²) in [4.78, 5) is 24.2. The highest BCUT2D eigenvalue weighted by atomic mass is 16.5. The average molecular weight is 244 g/mol. The molecule has 0 aliphatic rings. The van der Waals surface area contributed by atoms with Crippen molar-refractivity contribution in [2.75, 3.05) is 26.7 Å². The number of amides is 2.